The molecule has 0 aliphatic rings. The first-order valence-corrected chi connectivity index (χ1v) is 12.6. The molecule has 38 heavy (non-hydrogen) atoms. The molecule has 0 saturated heterocycles. The number of hydrogen-bond donors (Lipinski definition) is 1. The zero-order valence-corrected chi connectivity index (χ0v) is 22.6. The van der Waals surface area contributed by atoms with Crippen molar-refractivity contribution < 1.29 is 14.3 Å². The van der Waals surface area contributed by atoms with E-state index in [9.17, 15) is 14.9 Å². The van der Waals surface area contributed by atoms with Gasteiger partial charge in [-0.1, -0.05) is 35.9 Å². The number of benzene rings is 3. The number of methoxy groups -OCH3 is 2. The highest BCUT2D eigenvalue weighted by Gasteiger charge is 2.18. The molecule has 192 valence electrons. The molecule has 4 aromatic rings. The number of nitriles is 1. The second-order valence-corrected chi connectivity index (χ2v) is 9.75. The van der Waals surface area contributed by atoms with E-state index >= 15 is 0 Å². The lowest BCUT2D eigenvalue weighted by Crippen LogP contribution is -2.32. The number of thiazole rings is 1. The summed E-state index contributed by atoms with van der Waals surface area (Å²) in [4.78, 5) is 27.1. The molecule has 1 N–H and O–H groups in total. The number of nitrogens with one attached hydrogen (secondary N) is 1. The quantitative estimate of drug-likeness (QED) is 0.411. The number of aryl methyl sites for hydroxylation is 3. The highest BCUT2D eigenvalue weighted by Crippen LogP contribution is 2.31. The number of ether oxygens (including phenoxy) is 2. The van der Waals surface area contributed by atoms with E-state index in [2.05, 4.69) is 5.32 Å². The van der Waals surface area contributed by atoms with Crippen molar-refractivity contribution in [2.45, 2.75) is 20.8 Å². The van der Waals surface area contributed by atoms with Gasteiger partial charge in [0.05, 0.1) is 24.4 Å². The van der Waals surface area contributed by atoms with Gasteiger partial charge < -0.3 is 14.8 Å². The van der Waals surface area contributed by atoms with Crippen LogP contribution in [0.25, 0.3) is 17.3 Å². The van der Waals surface area contributed by atoms with Crippen LogP contribution in [0.4, 0.5) is 5.69 Å². The molecular weight excluding hydrogens is 498 g/mol. The summed E-state index contributed by atoms with van der Waals surface area (Å²) in [5, 5.41) is 12.9. The minimum absolute atomic E-state index is 0.164. The summed E-state index contributed by atoms with van der Waals surface area (Å²) >= 11 is 1.07. The summed E-state index contributed by atoms with van der Waals surface area (Å²) in [6.45, 7) is 5.87. The summed E-state index contributed by atoms with van der Waals surface area (Å²) in [6.07, 6.45) is 1.68. The smallest absolute Gasteiger partial charge is 0.273 e. The Kier molecular flexibility index (Phi) is 7.79. The van der Waals surface area contributed by atoms with Crippen molar-refractivity contribution in [2.24, 2.45) is 0 Å². The average molecular weight is 526 g/mol. The number of para-hydroxylation sites is 1. The van der Waals surface area contributed by atoms with Crippen molar-refractivity contribution in [2.75, 3.05) is 19.5 Å². The molecule has 1 heterocycles. The highest BCUT2D eigenvalue weighted by molar-refractivity contribution is 7.07. The SMILES string of the molecule is COc1cccc(/C=c2/s/c(=C(/C#N)C(=O)Nc3ccc(C)cc3)n(-c3ccc(C)c(C)c3)c2=O)c1OC. The maximum absolute atomic E-state index is 13.8. The number of amides is 1. The number of carbonyl (C=O) groups excluding carboxylic acids is 1. The number of carbonyl (C=O) groups is 1. The van der Waals surface area contributed by atoms with Crippen LogP contribution in [0, 0.1) is 32.1 Å². The third kappa shape index (κ3) is 5.24. The molecule has 0 radical (unpaired) electrons. The van der Waals surface area contributed by atoms with Crippen LogP contribution in [0.2, 0.25) is 0 Å². The third-order valence-corrected chi connectivity index (χ3v) is 7.25. The number of hydrogen-bond acceptors (Lipinski definition) is 6. The normalized spacial score (nSPS) is 12.1. The van der Waals surface area contributed by atoms with Gasteiger partial charge in [-0.2, -0.15) is 5.26 Å². The van der Waals surface area contributed by atoms with Crippen LogP contribution < -0.4 is 29.5 Å². The number of rotatable bonds is 6. The van der Waals surface area contributed by atoms with Gasteiger partial charge in [0, 0.05) is 11.3 Å². The van der Waals surface area contributed by atoms with Gasteiger partial charge in [0.25, 0.3) is 11.5 Å². The molecule has 4 rings (SSSR count). The molecule has 7 nitrogen and oxygen atoms in total. The molecule has 0 spiro atoms. The molecule has 0 fully saturated rings. The minimum Gasteiger partial charge on any atom is -0.493 e. The largest absolute Gasteiger partial charge is 0.493 e. The predicted octanol–water partition coefficient (Wildman–Crippen LogP) is 3.98. The van der Waals surface area contributed by atoms with E-state index in [1.165, 1.54) is 11.7 Å². The van der Waals surface area contributed by atoms with Crippen LogP contribution in [-0.2, 0) is 4.79 Å². The maximum atomic E-state index is 13.8. The minimum atomic E-state index is -0.597. The van der Waals surface area contributed by atoms with E-state index in [-0.39, 0.29) is 15.8 Å². The Morgan fingerprint density at radius 2 is 1.74 bits per heavy atom. The summed E-state index contributed by atoms with van der Waals surface area (Å²) in [6, 6.07) is 20.2. The number of aromatic nitrogens is 1. The van der Waals surface area contributed by atoms with Crippen molar-refractivity contribution in [1.29, 1.82) is 5.26 Å². The van der Waals surface area contributed by atoms with Gasteiger partial charge in [-0.3, -0.25) is 14.2 Å². The van der Waals surface area contributed by atoms with Crippen molar-refractivity contribution in [3.05, 3.63) is 102 Å². The lowest BCUT2D eigenvalue weighted by Gasteiger charge is -2.09. The van der Waals surface area contributed by atoms with Gasteiger partial charge in [0.1, 0.15) is 10.7 Å². The van der Waals surface area contributed by atoms with Gasteiger partial charge in [-0.25, -0.2) is 0 Å². The first kappa shape index (κ1) is 26.5. The van der Waals surface area contributed by atoms with E-state index in [1.54, 1.807) is 43.5 Å². The molecule has 0 unspecified atom stereocenters. The zero-order valence-electron chi connectivity index (χ0n) is 21.8. The van der Waals surface area contributed by atoms with Crippen molar-refractivity contribution in [3.8, 4) is 23.3 Å². The molecule has 0 atom stereocenters. The Bertz CT molecular complexity index is 1740. The van der Waals surface area contributed by atoms with Crippen LogP contribution in [-0.4, -0.2) is 24.7 Å². The summed E-state index contributed by atoms with van der Waals surface area (Å²) in [7, 11) is 3.07. The van der Waals surface area contributed by atoms with Gasteiger partial charge in [-0.15, -0.1) is 11.3 Å². The van der Waals surface area contributed by atoms with Crippen LogP contribution in [0.1, 0.15) is 22.3 Å². The van der Waals surface area contributed by atoms with E-state index in [1.807, 2.05) is 57.2 Å². The fourth-order valence-electron chi connectivity index (χ4n) is 3.94. The Labute approximate surface area is 224 Å². The van der Waals surface area contributed by atoms with E-state index in [0.29, 0.717) is 33.0 Å². The molecule has 0 aliphatic carbocycles. The van der Waals surface area contributed by atoms with Crippen molar-refractivity contribution >= 4 is 34.6 Å². The first-order chi connectivity index (χ1) is 18.3. The Balaban J connectivity index is 2.01. The predicted molar refractivity (Wildman–Crippen MR) is 151 cm³/mol. The topological polar surface area (TPSA) is 93.4 Å². The summed E-state index contributed by atoms with van der Waals surface area (Å²) < 4.78 is 12.9. The van der Waals surface area contributed by atoms with Crippen molar-refractivity contribution in [1.82, 2.24) is 4.57 Å². The standard InChI is InChI=1S/C30H27N3O4S/c1-18-9-12-22(13-10-18)32-28(34)24(17-31)30-33(23-14-11-19(2)20(3)15-23)29(35)26(38-30)16-21-7-6-8-25(36-4)27(21)37-5/h6-16H,1-5H3,(H,32,34)/b26-16+,30-24-. The molecule has 1 amide bonds. The van der Waals surface area contributed by atoms with Gasteiger partial charge >= 0.3 is 0 Å². The molecule has 0 aliphatic heterocycles. The van der Waals surface area contributed by atoms with Crippen LogP contribution in [0.5, 0.6) is 11.5 Å². The fourth-order valence-corrected chi connectivity index (χ4v) is 5.03. The van der Waals surface area contributed by atoms with Crippen molar-refractivity contribution in [3.63, 3.8) is 0 Å². The molecule has 1 aromatic heterocycles. The zero-order chi connectivity index (χ0) is 27.4. The third-order valence-electron chi connectivity index (χ3n) is 6.15. The number of nitrogens with zero attached hydrogens (tertiary/aromatic N) is 2. The molecule has 8 heteroatoms. The van der Waals surface area contributed by atoms with Crippen LogP contribution in [0.3, 0.4) is 0 Å². The Hall–Kier alpha value is -4.61. The maximum Gasteiger partial charge on any atom is 0.273 e. The van der Waals surface area contributed by atoms with E-state index < -0.39 is 5.91 Å². The molecule has 0 bridgehead atoms. The van der Waals surface area contributed by atoms with Gasteiger partial charge in [0.2, 0.25) is 0 Å². The van der Waals surface area contributed by atoms with E-state index in [4.69, 9.17) is 9.47 Å². The first-order valence-electron chi connectivity index (χ1n) is 11.8. The molecule has 3 aromatic carbocycles. The second kappa shape index (κ2) is 11.2. The van der Waals surface area contributed by atoms with E-state index in [0.717, 1.165) is 28.0 Å². The van der Waals surface area contributed by atoms with Gasteiger partial charge in [-0.05, 0) is 68.3 Å². The lowest BCUT2D eigenvalue weighted by molar-refractivity contribution is -0.111. The monoisotopic (exact) mass is 525 g/mol. The van der Waals surface area contributed by atoms with Crippen LogP contribution >= 0.6 is 11.3 Å². The summed E-state index contributed by atoms with van der Waals surface area (Å²) in [5.41, 5.74) is 4.32. The highest BCUT2D eigenvalue weighted by atomic mass is 32.1. The average Bonchev–Trinajstić information content (AvgIpc) is 3.22. The Morgan fingerprint density at radius 3 is 2.37 bits per heavy atom. The summed E-state index contributed by atoms with van der Waals surface area (Å²) in [5.74, 6) is 0.402. The lowest BCUT2D eigenvalue weighted by atomic mass is 10.1. The van der Waals surface area contributed by atoms with Crippen LogP contribution in [0.15, 0.2) is 65.5 Å². The fraction of sp³-hybridized carbons (Fsp3) is 0.167. The Morgan fingerprint density at radius 1 is 1.00 bits per heavy atom. The van der Waals surface area contributed by atoms with Gasteiger partial charge in [0.15, 0.2) is 17.1 Å². The molecular formula is C30H27N3O4S. The number of anilines is 1. The molecule has 0 saturated carbocycles. The second-order valence-electron chi connectivity index (χ2n) is 8.71.